The molecule has 2 aliphatic heterocycles. The van der Waals surface area contributed by atoms with Crippen LogP contribution in [0.25, 0.3) is 5.57 Å². The van der Waals surface area contributed by atoms with Crippen LogP contribution < -0.4 is 4.90 Å². The van der Waals surface area contributed by atoms with E-state index in [1.54, 1.807) is 24.3 Å². The van der Waals surface area contributed by atoms with E-state index < -0.39 is 0 Å². The van der Waals surface area contributed by atoms with E-state index in [0.29, 0.717) is 40.6 Å². The quantitative estimate of drug-likeness (QED) is 0.687. The number of hydrogen-bond acceptors (Lipinski definition) is 4. The second-order valence-electron chi connectivity index (χ2n) is 9.61. The van der Waals surface area contributed by atoms with Crippen LogP contribution in [0.2, 0.25) is 5.02 Å². The van der Waals surface area contributed by atoms with Crippen LogP contribution in [0.1, 0.15) is 44.7 Å². The van der Waals surface area contributed by atoms with Gasteiger partial charge in [-0.2, -0.15) is 0 Å². The minimum atomic E-state index is -0.332. The van der Waals surface area contributed by atoms with Crippen LogP contribution >= 0.6 is 11.6 Å². The van der Waals surface area contributed by atoms with Crippen molar-refractivity contribution in [2.75, 3.05) is 24.6 Å². The largest absolute Gasteiger partial charge is 0.396 e. The Hall–Kier alpha value is -2.63. The van der Waals surface area contributed by atoms with Gasteiger partial charge in [-0.1, -0.05) is 56.6 Å². The monoisotopic (exact) mass is 452 g/mol. The van der Waals surface area contributed by atoms with Crippen LogP contribution in [0.3, 0.4) is 0 Å². The number of piperidine rings is 1. The molecule has 4 rings (SSSR count). The molecular weight excluding hydrogens is 424 g/mol. The molecule has 6 heteroatoms. The number of aliphatic hydroxyl groups excluding tert-OH is 1. The third kappa shape index (κ3) is 4.19. The molecule has 0 bridgehead atoms. The van der Waals surface area contributed by atoms with Gasteiger partial charge in [0.15, 0.2) is 0 Å². The molecule has 2 heterocycles. The molecule has 1 atom stereocenters. The summed E-state index contributed by atoms with van der Waals surface area (Å²) >= 11 is 6.07. The first-order valence-electron chi connectivity index (χ1n) is 11.1. The maximum absolute atomic E-state index is 13.7. The molecule has 2 amide bonds. The molecule has 0 aromatic heterocycles. The Bertz CT molecular complexity index is 1050. The number of halogens is 1. The fraction of sp³-hybridized carbons (Fsp3) is 0.385. The number of imide groups is 1. The number of nitrogens with zero attached hydrogens (tertiary/aromatic N) is 2. The first kappa shape index (κ1) is 22.6. The third-order valence-corrected chi connectivity index (χ3v) is 6.53. The van der Waals surface area contributed by atoms with Gasteiger partial charge in [0.2, 0.25) is 0 Å². The highest BCUT2D eigenvalue weighted by atomic mass is 35.5. The molecule has 5 nitrogen and oxygen atoms in total. The summed E-state index contributed by atoms with van der Waals surface area (Å²) in [7, 11) is 0. The summed E-state index contributed by atoms with van der Waals surface area (Å²) in [5, 5.41) is 10.3. The molecule has 0 aliphatic carbocycles. The molecule has 2 aromatic rings. The predicted molar refractivity (Wildman–Crippen MR) is 127 cm³/mol. The number of amides is 2. The molecule has 32 heavy (non-hydrogen) atoms. The molecule has 1 unspecified atom stereocenters. The first-order valence-corrected chi connectivity index (χ1v) is 11.4. The molecule has 1 saturated heterocycles. The summed E-state index contributed by atoms with van der Waals surface area (Å²) < 4.78 is 0. The lowest BCUT2D eigenvalue weighted by atomic mass is 9.87. The van der Waals surface area contributed by atoms with Crippen molar-refractivity contribution in [3.63, 3.8) is 0 Å². The average Bonchev–Trinajstić information content (AvgIpc) is 3.04. The zero-order valence-corrected chi connectivity index (χ0v) is 19.5. The number of anilines is 1. The Kier molecular flexibility index (Phi) is 6.15. The summed E-state index contributed by atoms with van der Waals surface area (Å²) in [5.74, 6) is -0.560. The molecule has 0 radical (unpaired) electrons. The van der Waals surface area contributed by atoms with Crippen molar-refractivity contribution in [3.05, 3.63) is 70.4 Å². The molecule has 0 saturated carbocycles. The summed E-state index contributed by atoms with van der Waals surface area (Å²) in [6.45, 7) is 7.68. The Morgan fingerprint density at radius 2 is 1.66 bits per heavy atom. The van der Waals surface area contributed by atoms with Crippen molar-refractivity contribution in [1.82, 2.24) is 4.90 Å². The number of hydrogen-bond donors (Lipinski definition) is 1. The van der Waals surface area contributed by atoms with Gasteiger partial charge in [0.25, 0.3) is 11.8 Å². The van der Waals surface area contributed by atoms with E-state index in [1.807, 2.05) is 29.2 Å². The van der Waals surface area contributed by atoms with Crippen molar-refractivity contribution < 1.29 is 14.7 Å². The molecule has 168 valence electrons. The summed E-state index contributed by atoms with van der Waals surface area (Å²) in [5.41, 5.74) is 3.14. The lowest BCUT2D eigenvalue weighted by molar-refractivity contribution is -0.120. The fourth-order valence-electron chi connectivity index (χ4n) is 4.45. The van der Waals surface area contributed by atoms with E-state index in [1.165, 1.54) is 4.90 Å². The average molecular weight is 453 g/mol. The van der Waals surface area contributed by atoms with Gasteiger partial charge in [-0.3, -0.25) is 9.59 Å². The number of rotatable bonds is 4. The van der Waals surface area contributed by atoms with Crippen LogP contribution in [-0.4, -0.2) is 41.5 Å². The van der Waals surface area contributed by atoms with Crippen LogP contribution in [-0.2, 0) is 15.0 Å². The highest BCUT2D eigenvalue weighted by Gasteiger charge is 2.43. The summed E-state index contributed by atoms with van der Waals surface area (Å²) in [6, 6.07) is 14.6. The van der Waals surface area contributed by atoms with Gasteiger partial charge >= 0.3 is 0 Å². The van der Waals surface area contributed by atoms with Crippen LogP contribution in [0.5, 0.6) is 0 Å². The van der Waals surface area contributed by atoms with E-state index >= 15 is 0 Å². The molecule has 2 aromatic carbocycles. The Morgan fingerprint density at radius 1 is 1.00 bits per heavy atom. The molecular formula is C26H29ClN2O3. The lowest BCUT2D eigenvalue weighted by Gasteiger charge is -2.34. The smallest absolute Gasteiger partial charge is 0.282 e. The van der Waals surface area contributed by atoms with Crippen molar-refractivity contribution in [2.24, 2.45) is 5.92 Å². The van der Waals surface area contributed by atoms with Gasteiger partial charge in [0.1, 0.15) is 5.70 Å². The minimum Gasteiger partial charge on any atom is -0.396 e. The maximum atomic E-state index is 13.7. The zero-order chi connectivity index (χ0) is 23.0. The van der Waals surface area contributed by atoms with Gasteiger partial charge < -0.3 is 10.0 Å². The van der Waals surface area contributed by atoms with Crippen LogP contribution in [0.4, 0.5) is 5.69 Å². The highest BCUT2D eigenvalue weighted by molar-refractivity contribution is 6.45. The van der Waals surface area contributed by atoms with Crippen molar-refractivity contribution in [1.29, 1.82) is 0 Å². The highest BCUT2D eigenvalue weighted by Crippen LogP contribution is 2.37. The molecule has 2 aliphatic rings. The van der Waals surface area contributed by atoms with E-state index in [0.717, 1.165) is 18.4 Å². The predicted octanol–water partition coefficient (Wildman–Crippen LogP) is 4.63. The van der Waals surface area contributed by atoms with Gasteiger partial charge in [0.05, 0.1) is 11.3 Å². The van der Waals surface area contributed by atoms with Crippen molar-refractivity contribution in [2.45, 2.75) is 39.0 Å². The summed E-state index contributed by atoms with van der Waals surface area (Å²) in [4.78, 5) is 30.5. The molecule has 0 spiro atoms. The number of aliphatic hydroxyl groups is 1. The second-order valence-corrected chi connectivity index (χ2v) is 10.0. The van der Waals surface area contributed by atoms with Gasteiger partial charge in [-0.05, 0) is 59.6 Å². The number of likely N-dealkylation sites (tertiary alicyclic amines) is 1. The standard InChI is InChI=1S/C26H29ClN2O3/c1-26(2,3)19-8-12-21(13-9-19)29-24(31)22(18-6-10-20(27)11-7-18)23(25(29)32)28-14-4-5-17(15-28)16-30/h6-13,17,30H,4-5,14-16H2,1-3H3. The van der Waals surface area contributed by atoms with Crippen LogP contribution in [0.15, 0.2) is 54.2 Å². The molecule has 1 fully saturated rings. The minimum absolute atomic E-state index is 0.0253. The van der Waals surface area contributed by atoms with E-state index in [2.05, 4.69) is 20.8 Å². The number of carbonyl (C=O) groups excluding carboxylic acids is 2. The maximum Gasteiger partial charge on any atom is 0.282 e. The fourth-order valence-corrected chi connectivity index (χ4v) is 4.58. The summed E-state index contributed by atoms with van der Waals surface area (Å²) in [6.07, 6.45) is 1.78. The first-order chi connectivity index (χ1) is 15.2. The van der Waals surface area contributed by atoms with E-state index in [4.69, 9.17) is 11.6 Å². The molecule has 1 N–H and O–H groups in total. The lowest BCUT2D eigenvalue weighted by Crippen LogP contribution is -2.40. The number of carbonyl (C=O) groups is 2. The number of benzene rings is 2. The van der Waals surface area contributed by atoms with Gasteiger partial charge in [-0.15, -0.1) is 0 Å². The second kappa shape index (κ2) is 8.72. The normalized spacial score (nSPS) is 19.8. The van der Waals surface area contributed by atoms with Gasteiger partial charge in [0, 0.05) is 24.7 Å². The van der Waals surface area contributed by atoms with Gasteiger partial charge in [-0.25, -0.2) is 4.90 Å². The Morgan fingerprint density at radius 3 is 2.25 bits per heavy atom. The van der Waals surface area contributed by atoms with E-state index in [-0.39, 0.29) is 29.8 Å². The zero-order valence-electron chi connectivity index (χ0n) is 18.8. The topological polar surface area (TPSA) is 60.9 Å². The van der Waals surface area contributed by atoms with E-state index in [9.17, 15) is 14.7 Å². The Balaban J connectivity index is 1.77. The Labute approximate surface area is 194 Å². The van der Waals surface area contributed by atoms with Crippen molar-refractivity contribution >= 4 is 34.7 Å². The SMILES string of the molecule is CC(C)(C)c1ccc(N2C(=O)C(c3ccc(Cl)cc3)=C(N3CCCC(CO)C3)C2=O)cc1. The van der Waals surface area contributed by atoms with Crippen LogP contribution in [0, 0.1) is 5.92 Å². The van der Waals surface area contributed by atoms with Crippen molar-refractivity contribution in [3.8, 4) is 0 Å². The third-order valence-electron chi connectivity index (χ3n) is 6.28.